The third-order valence-corrected chi connectivity index (χ3v) is 4.04. The Kier molecular flexibility index (Phi) is 5.82. The maximum Gasteiger partial charge on any atom is 0.228 e. The largest absolute Gasteiger partial charge is 0.420 e. The Morgan fingerprint density at radius 2 is 1.50 bits per heavy atom. The van der Waals surface area contributed by atoms with E-state index in [1.165, 1.54) is 0 Å². The van der Waals surface area contributed by atoms with Gasteiger partial charge >= 0.3 is 0 Å². The molecular formula is C22H23N3O3. The molecule has 1 aliphatic rings. The third-order valence-electron chi connectivity index (χ3n) is 4.04. The van der Waals surface area contributed by atoms with Crippen molar-refractivity contribution in [1.82, 2.24) is 14.9 Å². The number of pyridine rings is 2. The Balaban J connectivity index is 0.000000516. The Morgan fingerprint density at radius 1 is 0.929 bits per heavy atom. The molecule has 144 valence electrons. The Hall–Kier alpha value is -3.09. The quantitative estimate of drug-likeness (QED) is 0.688. The lowest BCUT2D eigenvalue weighted by Gasteiger charge is -2.23. The molecule has 0 amide bonds. The first-order valence-electron chi connectivity index (χ1n) is 8.90. The van der Waals surface area contributed by atoms with Gasteiger partial charge in [0.05, 0.1) is 5.69 Å². The molecule has 0 aliphatic carbocycles. The number of carbonyl (C=O) groups excluding carboxylic acids is 1. The van der Waals surface area contributed by atoms with Crippen LogP contribution in [0.4, 0.5) is 0 Å². The number of ether oxygens (including phenoxy) is 1. The second-order valence-corrected chi connectivity index (χ2v) is 7.02. The molecule has 3 heterocycles. The highest BCUT2D eigenvalue weighted by Crippen LogP contribution is 2.41. The molecule has 0 bridgehead atoms. The van der Waals surface area contributed by atoms with Crippen LogP contribution in [0.2, 0.25) is 0 Å². The van der Waals surface area contributed by atoms with Gasteiger partial charge in [0.25, 0.3) is 0 Å². The van der Waals surface area contributed by atoms with Crippen LogP contribution in [-0.2, 0) is 0 Å². The number of hydrogen-bond donors (Lipinski definition) is 1. The van der Waals surface area contributed by atoms with Gasteiger partial charge in [0.2, 0.25) is 11.8 Å². The number of aryl methyl sites for hydroxylation is 1. The number of benzene rings is 1. The van der Waals surface area contributed by atoms with Gasteiger partial charge in [0.1, 0.15) is 12.4 Å². The normalized spacial score (nSPS) is 14.3. The number of hydrogen-bond acceptors (Lipinski definition) is 6. The van der Waals surface area contributed by atoms with Crippen molar-refractivity contribution in [3.05, 3.63) is 70.9 Å². The van der Waals surface area contributed by atoms with Crippen LogP contribution in [0.15, 0.2) is 48.5 Å². The van der Waals surface area contributed by atoms with Crippen molar-refractivity contribution < 1.29 is 14.6 Å². The molecule has 6 heteroatoms. The van der Waals surface area contributed by atoms with E-state index in [-0.39, 0.29) is 0 Å². The maximum atomic E-state index is 10.8. The molecule has 1 aliphatic heterocycles. The minimum atomic E-state index is -0.809. The van der Waals surface area contributed by atoms with E-state index in [0.29, 0.717) is 34.1 Å². The van der Waals surface area contributed by atoms with E-state index in [4.69, 9.17) is 4.74 Å². The number of rotatable bonds is 2. The fourth-order valence-corrected chi connectivity index (χ4v) is 2.73. The summed E-state index contributed by atoms with van der Waals surface area (Å²) in [5, 5.41) is 10.5. The van der Waals surface area contributed by atoms with Crippen molar-refractivity contribution in [2.24, 2.45) is 0 Å². The van der Waals surface area contributed by atoms with Gasteiger partial charge in [-0.25, -0.2) is 9.97 Å². The second kappa shape index (κ2) is 8.29. The lowest BCUT2D eigenvalue weighted by molar-refractivity contribution is 0.112. The number of nitrogens with zero attached hydrogens (tertiary/aromatic N) is 3. The van der Waals surface area contributed by atoms with E-state index in [0.717, 1.165) is 17.5 Å². The Bertz CT molecular complexity index is 982. The Morgan fingerprint density at radius 3 is 2.11 bits per heavy atom. The standard InChI is InChI=1S/C19H14N2O3.C3H9N/c1-11-2-7-14-17(23)15-8-9-16(21-19(15)24-18(14)20-11)13-5-3-12(10-22)4-6-13;1-4(2)3/h2-10,17,23H,1H3;1-3H3. The van der Waals surface area contributed by atoms with Crippen LogP contribution in [0.1, 0.15) is 33.3 Å². The van der Waals surface area contributed by atoms with E-state index >= 15 is 0 Å². The molecule has 1 aromatic carbocycles. The van der Waals surface area contributed by atoms with Gasteiger partial charge in [-0.15, -0.1) is 0 Å². The van der Waals surface area contributed by atoms with Gasteiger partial charge in [-0.3, -0.25) is 4.79 Å². The van der Waals surface area contributed by atoms with Crippen molar-refractivity contribution >= 4 is 6.29 Å². The summed E-state index contributed by atoms with van der Waals surface area (Å²) in [4.78, 5) is 21.6. The number of aliphatic hydroxyl groups excluding tert-OH is 1. The maximum absolute atomic E-state index is 10.8. The highest BCUT2D eigenvalue weighted by molar-refractivity contribution is 5.76. The average molecular weight is 377 g/mol. The van der Waals surface area contributed by atoms with Crippen molar-refractivity contribution in [2.45, 2.75) is 13.0 Å². The average Bonchev–Trinajstić information content (AvgIpc) is 2.67. The molecule has 28 heavy (non-hydrogen) atoms. The summed E-state index contributed by atoms with van der Waals surface area (Å²) in [5.41, 5.74) is 4.24. The van der Waals surface area contributed by atoms with Crippen LogP contribution in [0.5, 0.6) is 11.8 Å². The summed E-state index contributed by atoms with van der Waals surface area (Å²) in [7, 11) is 6.00. The molecular weight excluding hydrogens is 354 g/mol. The molecule has 1 N–H and O–H groups in total. The molecule has 2 aromatic heterocycles. The number of aldehydes is 1. The first-order chi connectivity index (χ1) is 13.4. The third kappa shape index (κ3) is 4.24. The van der Waals surface area contributed by atoms with Gasteiger partial charge in [-0.1, -0.05) is 24.3 Å². The molecule has 6 nitrogen and oxygen atoms in total. The summed E-state index contributed by atoms with van der Waals surface area (Å²) in [6.45, 7) is 1.87. The van der Waals surface area contributed by atoms with Crippen LogP contribution < -0.4 is 4.74 Å². The van der Waals surface area contributed by atoms with Crippen molar-refractivity contribution in [1.29, 1.82) is 0 Å². The summed E-state index contributed by atoms with van der Waals surface area (Å²) in [6, 6.07) is 14.4. The van der Waals surface area contributed by atoms with Gasteiger partial charge in [0.15, 0.2) is 0 Å². The highest BCUT2D eigenvalue weighted by atomic mass is 16.5. The zero-order valence-corrected chi connectivity index (χ0v) is 16.4. The molecule has 0 fully saturated rings. The zero-order chi connectivity index (χ0) is 20.3. The van der Waals surface area contributed by atoms with Crippen LogP contribution in [0, 0.1) is 6.92 Å². The van der Waals surface area contributed by atoms with Crippen LogP contribution >= 0.6 is 0 Å². The fourth-order valence-electron chi connectivity index (χ4n) is 2.73. The van der Waals surface area contributed by atoms with Crippen LogP contribution in [0.3, 0.4) is 0 Å². The predicted molar refractivity (Wildman–Crippen MR) is 108 cm³/mol. The predicted octanol–water partition coefficient (Wildman–Crippen LogP) is 3.63. The van der Waals surface area contributed by atoms with E-state index in [1.807, 2.05) is 63.3 Å². The monoisotopic (exact) mass is 377 g/mol. The van der Waals surface area contributed by atoms with E-state index in [9.17, 15) is 9.90 Å². The number of aliphatic hydroxyl groups is 1. The zero-order valence-electron chi connectivity index (χ0n) is 16.4. The Labute approximate surface area is 164 Å². The second-order valence-electron chi connectivity index (χ2n) is 7.02. The highest BCUT2D eigenvalue weighted by Gasteiger charge is 2.28. The van der Waals surface area contributed by atoms with Crippen LogP contribution in [-0.4, -0.2) is 47.4 Å². The van der Waals surface area contributed by atoms with Gasteiger partial charge in [-0.2, -0.15) is 0 Å². The molecule has 1 atom stereocenters. The first kappa shape index (κ1) is 19.7. The van der Waals surface area contributed by atoms with Crippen molar-refractivity contribution in [2.75, 3.05) is 21.1 Å². The van der Waals surface area contributed by atoms with Gasteiger partial charge in [0, 0.05) is 27.9 Å². The smallest absolute Gasteiger partial charge is 0.228 e. The molecule has 4 rings (SSSR count). The fraction of sp³-hybridized carbons (Fsp3) is 0.227. The summed E-state index contributed by atoms with van der Waals surface area (Å²) >= 11 is 0. The minimum absolute atomic E-state index is 0.352. The molecule has 0 radical (unpaired) electrons. The molecule has 1 unspecified atom stereocenters. The summed E-state index contributed by atoms with van der Waals surface area (Å²) in [6.07, 6.45) is -0.00934. The molecule has 3 aromatic rings. The lowest BCUT2D eigenvalue weighted by Crippen LogP contribution is -2.12. The van der Waals surface area contributed by atoms with Gasteiger partial charge in [-0.05, 0) is 52.3 Å². The van der Waals surface area contributed by atoms with Crippen LogP contribution in [0.25, 0.3) is 11.3 Å². The van der Waals surface area contributed by atoms with E-state index in [2.05, 4.69) is 9.97 Å². The minimum Gasteiger partial charge on any atom is -0.420 e. The summed E-state index contributed by atoms with van der Waals surface area (Å²) in [5.74, 6) is 0.737. The topological polar surface area (TPSA) is 75.5 Å². The SMILES string of the molecule is CN(C)C.Cc1ccc2c(n1)Oc1nc(-c3ccc(C=O)cc3)ccc1C2O. The van der Waals surface area contributed by atoms with E-state index < -0.39 is 6.10 Å². The molecule has 0 saturated carbocycles. The number of carbonyl (C=O) groups is 1. The lowest BCUT2D eigenvalue weighted by atomic mass is 10.00. The van der Waals surface area contributed by atoms with Gasteiger partial charge < -0.3 is 14.7 Å². The summed E-state index contributed by atoms with van der Waals surface area (Å²) < 4.78 is 5.80. The van der Waals surface area contributed by atoms with Crippen molar-refractivity contribution in [3.63, 3.8) is 0 Å². The number of aromatic nitrogens is 2. The first-order valence-corrected chi connectivity index (χ1v) is 8.90. The number of fused-ring (bicyclic) bond motifs is 2. The molecule has 0 spiro atoms. The molecule has 0 saturated heterocycles. The van der Waals surface area contributed by atoms with Crippen molar-refractivity contribution in [3.8, 4) is 23.0 Å². The van der Waals surface area contributed by atoms with E-state index in [1.54, 1.807) is 18.2 Å².